The molecule has 5 heteroatoms. The van der Waals surface area contributed by atoms with Crippen molar-refractivity contribution in [3.63, 3.8) is 0 Å². The molecular weight excluding hydrogens is 250 g/mol. The second-order valence-corrected chi connectivity index (χ2v) is 5.88. The molecule has 98 valence electrons. The lowest BCUT2D eigenvalue weighted by atomic mass is 9.93. The van der Waals surface area contributed by atoms with Crippen LogP contribution >= 0.6 is 11.8 Å². The standard InChI is InChI=1S/C13H17NO3S/c1-8(2)17-10-3-4-11-9(5-10)6-13(14,7-18-11)12(15)16/h3-5,8H,6-7,14H2,1-2H3,(H,15,16). The molecule has 1 unspecified atom stereocenters. The summed E-state index contributed by atoms with van der Waals surface area (Å²) in [7, 11) is 0. The van der Waals surface area contributed by atoms with E-state index in [1.807, 2.05) is 32.0 Å². The van der Waals surface area contributed by atoms with Crippen molar-refractivity contribution in [1.29, 1.82) is 0 Å². The van der Waals surface area contributed by atoms with E-state index in [1.54, 1.807) is 0 Å². The molecule has 0 aromatic heterocycles. The summed E-state index contributed by atoms with van der Waals surface area (Å²) in [6.45, 7) is 3.91. The minimum absolute atomic E-state index is 0.0985. The van der Waals surface area contributed by atoms with E-state index in [1.165, 1.54) is 11.8 Å². The van der Waals surface area contributed by atoms with Gasteiger partial charge in [-0.3, -0.25) is 4.79 Å². The highest BCUT2D eigenvalue weighted by Gasteiger charge is 2.38. The first-order chi connectivity index (χ1) is 8.40. The SMILES string of the molecule is CC(C)Oc1ccc2c(c1)CC(N)(C(=O)O)CS2. The van der Waals surface area contributed by atoms with Gasteiger partial charge in [0.2, 0.25) is 0 Å². The molecule has 0 amide bonds. The maximum Gasteiger partial charge on any atom is 0.324 e. The lowest BCUT2D eigenvalue weighted by Gasteiger charge is -2.30. The van der Waals surface area contributed by atoms with Crippen molar-refractivity contribution in [3.8, 4) is 5.75 Å². The molecule has 1 aliphatic heterocycles. The molecule has 0 saturated carbocycles. The molecule has 0 radical (unpaired) electrons. The number of carbonyl (C=O) groups is 1. The molecule has 18 heavy (non-hydrogen) atoms. The zero-order valence-corrected chi connectivity index (χ0v) is 11.3. The quantitative estimate of drug-likeness (QED) is 0.875. The van der Waals surface area contributed by atoms with Crippen molar-refractivity contribution in [1.82, 2.24) is 0 Å². The fourth-order valence-electron chi connectivity index (χ4n) is 1.92. The Kier molecular flexibility index (Phi) is 3.54. The first-order valence-corrected chi connectivity index (χ1v) is 6.84. The van der Waals surface area contributed by atoms with E-state index in [9.17, 15) is 4.79 Å². The highest BCUT2D eigenvalue weighted by atomic mass is 32.2. The van der Waals surface area contributed by atoms with Crippen molar-refractivity contribution in [3.05, 3.63) is 23.8 Å². The van der Waals surface area contributed by atoms with Gasteiger partial charge >= 0.3 is 5.97 Å². The number of carboxylic acids is 1. The van der Waals surface area contributed by atoms with Crippen LogP contribution in [0.25, 0.3) is 0 Å². The Labute approximate surface area is 111 Å². The summed E-state index contributed by atoms with van der Waals surface area (Å²) in [5, 5.41) is 9.17. The molecule has 0 bridgehead atoms. The minimum atomic E-state index is -1.17. The molecule has 2 rings (SSSR count). The molecule has 0 saturated heterocycles. The van der Waals surface area contributed by atoms with Gasteiger partial charge in [0.05, 0.1) is 6.10 Å². The lowest BCUT2D eigenvalue weighted by molar-refractivity contribution is -0.142. The van der Waals surface area contributed by atoms with Crippen LogP contribution in [-0.4, -0.2) is 28.5 Å². The monoisotopic (exact) mass is 267 g/mol. The third-order valence-corrected chi connectivity index (χ3v) is 4.19. The van der Waals surface area contributed by atoms with E-state index >= 15 is 0 Å². The van der Waals surface area contributed by atoms with Gasteiger partial charge in [0.15, 0.2) is 0 Å². The van der Waals surface area contributed by atoms with Crippen molar-refractivity contribution in [2.75, 3.05) is 5.75 Å². The Morgan fingerprint density at radius 1 is 1.56 bits per heavy atom. The molecule has 0 fully saturated rings. The molecule has 0 aliphatic carbocycles. The van der Waals surface area contributed by atoms with E-state index in [-0.39, 0.29) is 6.10 Å². The second kappa shape index (κ2) is 4.82. The lowest BCUT2D eigenvalue weighted by Crippen LogP contribution is -2.53. The van der Waals surface area contributed by atoms with Gasteiger partial charge in [-0.25, -0.2) is 0 Å². The summed E-state index contributed by atoms with van der Waals surface area (Å²) >= 11 is 1.49. The average molecular weight is 267 g/mol. The van der Waals surface area contributed by atoms with Gasteiger partial charge in [-0.05, 0) is 37.6 Å². The van der Waals surface area contributed by atoms with Crippen LogP contribution in [0.5, 0.6) is 5.75 Å². The third kappa shape index (κ3) is 2.62. The van der Waals surface area contributed by atoms with Gasteiger partial charge < -0.3 is 15.6 Å². The van der Waals surface area contributed by atoms with E-state index in [2.05, 4.69) is 0 Å². The smallest absolute Gasteiger partial charge is 0.324 e. The Bertz CT molecular complexity index is 475. The van der Waals surface area contributed by atoms with Crippen LogP contribution in [0.3, 0.4) is 0 Å². The number of aliphatic carboxylic acids is 1. The van der Waals surface area contributed by atoms with E-state index in [0.717, 1.165) is 16.2 Å². The van der Waals surface area contributed by atoms with E-state index < -0.39 is 11.5 Å². The van der Waals surface area contributed by atoms with Crippen molar-refractivity contribution >= 4 is 17.7 Å². The zero-order chi connectivity index (χ0) is 13.3. The predicted octanol–water partition coefficient (Wildman–Crippen LogP) is 1.90. The molecule has 4 nitrogen and oxygen atoms in total. The van der Waals surface area contributed by atoms with Crippen LogP contribution in [0.1, 0.15) is 19.4 Å². The van der Waals surface area contributed by atoms with Crippen LogP contribution in [-0.2, 0) is 11.2 Å². The van der Waals surface area contributed by atoms with Gasteiger partial charge in [-0.15, -0.1) is 11.8 Å². The fraction of sp³-hybridized carbons (Fsp3) is 0.462. The van der Waals surface area contributed by atoms with Gasteiger partial charge in [0.25, 0.3) is 0 Å². The van der Waals surface area contributed by atoms with Gasteiger partial charge in [0.1, 0.15) is 11.3 Å². The van der Waals surface area contributed by atoms with Crippen LogP contribution in [0.15, 0.2) is 23.1 Å². The first-order valence-electron chi connectivity index (χ1n) is 5.85. The summed E-state index contributed by atoms with van der Waals surface area (Å²) in [6.07, 6.45) is 0.446. The van der Waals surface area contributed by atoms with Crippen LogP contribution in [0, 0.1) is 0 Å². The number of rotatable bonds is 3. The van der Waals surface area contributed by atoms with Gasteiger partial charge in [0, 0.05) is 17.1 Å². The summed E-state index contributed by atoms with van der Waals surface area (Å²) in [5.74, 6) is 0.217. The number of carboxylic acid groups (broad SMARTS) is 1. The number of benzene rings is 1. The average Bonchev–Trinajstić information content (AvgIpc) is 2.27. The predicted molar refractivity (Wildman–Crippen MR) is 71.2 cm³/mol. The molecule has 0 spiro atoms. The number of thioether (sulfide) groups is 1. The normalized spacial score (nSPS) is 22.7. The second-order valence-electron chi connectivity index (χ2n) is 4.86. The van der Waals surface area contributed by atoms with Crippen molar-refractivity contribution in [2.45, 2.75) is 36.8 Å². The molecule has 1 aromatic rings. The summed E-state index contributed by atoms with van der Waals surface area (Å²) in [6, 6.07) is 5.78. The van der Waals surface area contributed by atoms with Gasteiger partial charge in [-0.1, -0.05) is 0 Å². The Morgan fingerprint density at radius 3 is 2.89 bits per heavy atom. The zero-order valence-electron chi connectivity index (χ0n) is 10.5. The number of ether oxygens (including phenoxy) is 1. The summed E-state index contributed by atoms with van der Waals surface area (Å²) in [4.78, 5) is 12.3. The molecular formula is C13H17NO3S. The number of fused-ring (bicyclic) bond motifs is 1. The van der Waals surface area contributed by atoms with Crippen LogP contribution < -0.4 is 10.5 Å². The molecule has 1 aromatic carbocycles. The third-order valence-electron chi connectivity index (χ3n) is 2.82. The molecule has 3 N–H and O–H groups in total. The Balaban J connectivity index is 2.27. The highest BCUT2D eigenvalue weighted by molar-refractivity contribution is 7.99. The van der Waals surface area contributed by atoms with Gasteiger partial charge in [-0.2, -0.15) is 0 Å². The maximum absolute atomic E-state index is 11.2. The topological polar surface area (TPSA) is 72.5 Å². The van der Waals surface area contributed by atoms with Crippen molar-refractivity contribution in [2.24, 2.45) is 5.73 Å². The van der Waals surface area contributed by atoms with E-state index in [0.29, 0.717) is 12.2 Å². The molecule has 1 aliphatic rings. The van der Waals surface area contributed by atoms with Crippen LogP contribution in [0.2, 0.25) is 0 Å². The summed E-state index contributed by atoms with van der Waals surface area (Å²) in [5.41, 5.74) is 5.69. The maximum atomic E-state index is 11.2. The highest BCUT2D eigenvalue weighted by Crippen LogP contribution is 2.36. The largest absolute Gasteiger partial charge is 0.491 e. The fourth-order valence-corrected chi connectivity index (χ4v) is 3.03. The number of hydrogen-bond donors (Lipinski definition) is 2. The first kappa shape index (κ1) is 13.2. The Hall–Kier alpha value is -1.20. The number of nitrogens with two attached hydrogens (primary N) is 1. The van der Waals surface area contributed by atoms with Crippen molar-refractivity contribution < 1.29 is 14.6 Å². The van der Waals surface area contributed by atoms with Crippen LogP contribution in [0.4, 0.5) is 0 Å². The minimum Gasteiger partial charge on any atom is -0.491 e. The molecule has 1 heterocycles. The summed E-state index contributed by atoms with van der Waals surface area (Å²) < 4.78 is 5.61. The molecule has 1 atom stereocenters. The Morgan fingerprint density at radius 2 is 2.28 bits per heavy atom. The van der Waals surface area contributed by atoms with E-state index in [4.69, 9.17) is 15.6 Å². The number of hydrogen-bond acceptors (Lipinski definition) is 4.